The largest absolute Gasteiger partial charge is 0.508 e. The number of aromatic hydroxyl groups is 1. The van der Waals surface area contributed by atoms with E-state index in [0.29, 0.717) is 6.42 Å². The minimum absolute atomic E-state index is 0.210. The molecule has 0 saturated carbocycles. The summed E-state index contributed by atoms with van der Waals surface area (Å²) in [6.45, 7) is -0.193. The van der Waals surface area contributed by atoms with Crippen molar-refractivity contribution in [1.29, 1.82) is 0 Å². The Bertz CT molecular complexity index is 448. The number of aliphatic hydroxyl groups is 4. The highest BCUT2D eigenvalue weighted by molar-refractivity contribution is 5.25. The molecule has 5 N–H and O–H groups in total. The fourth-order valence-electron chi connectivity index (χ4n) is 2.34. The first-order chi connectivity index (χ1) is 10.5. The predicted octanol–water partition coefficient (Wildman–Crippen LogP) is -0.859. The SMILES string of the molecule is OCC1OC(OCCCc2ccc(O)cc2)C(O)C(O)C1O. The van der Waals surface area contributed by atoms with Gasteiger partial charge in [0.05, 0.1) is 13.2 Å². The van der Waals surface area contributed by atoms with Crippen LogP contribution in [0.5, 0.6) is 5.75 Å². The van der Waals surface area contributed by atoms with E-state index in [4.69, 9.17) is 14.6 Å². The molecule has 124 valence electrons. The van der Waals surface area contributed by atoms with E-state index >= 15 is 0 Å². The molecule has 0 bridgehead atoms. The van der Waals surface area contributed by atoms with Gasteiger partial charge < -0.3 is 35.0 Å². The number of aryl methyl sites for hydroxylation is 1. The fraction of sp³-hybridized carbons (Fsp3) is 0.600. The standard InChI is InChI=1S/C15H22O7/c16-8-11-12(18)13(19)14(20)15(22-11)21-7-1-2-9-3-5-10(17)6-4-9/h3-6,11-20H,1-2,7-8H2. The summed E-state index contributed by atoms with van der Waals surface area (Å²) in [5.41, 5.74) is 1.04. The van der Waals surface area contributed by atoms with Crippen LogP contribution in [0.25, 0.3) is 0 Å². The third kappa shape index (κ3) is 4.16. The van der Waals surface area contributed by atoms with Gasteiger partial charge in [0.25, 0.3) is 0 Å². The van der Waals surface area contributed by atoms with Gasteiger partial charge in [-0.05, 0) is 30.5 Å². The van der Waals surface area contributed by atoms with Gasteiger partial charge in [-0.2, -0.15) is 0 Å². The zero-order chi connectivity index (χ0) is 16.1. The summed E-state index contributed by atoms with van der Waals surface area (Å²) < 4.78 is 10.6. The van der Waals surface area contributed by atoms with E-state index in [2.05, 4.69) is 0 Å². The molecule has 5 atom stereocenters. The Morgan fingerprint density at radius 1 is 1.00 bits per heavy atom. The molecular formula is C15H22O7. The van der Waals surface area contributed by atoms with Crippen LogP contribution in [0.4, 0.5) is 0 Å². The first-order valence-electron chi connectivity index (χ1n) is 7.23. The van der Waals surface area contributed by atoms with Crippen molar-refractivity contribution in [2.45, 2.75) is 43.5 Å². The highest BCUT2D eigenvalue weighted by atomic mass is 16.7. The molecule has 1 aromatic carbocycles. The molecule has 0 aromatic heterocycles. The van der Waals surface area contributed by atoms with Crippen molar-refractivity contribution in [2.75, 3.05) is 13.2 Å². The van der Waals surface area contributed by atoms with Crippen molar-refractivity contribution < 1.29 is 35.0 Å². The molecule has 1 fully saturated rings. The monoisotopic (exact) mass is 314 g/mol. The van der Waals surface area contributed by atoms with Crippen LogP contribution in [-0.4, -0.2) is 69.5 Å². The number of benzene rings is 1. The van der Waals surface area contributed by atoms with Crippen molar-refractivity contribution in [2.24, 2.45) is 0 Å². The second-order valence-electron chi connectivity index (χ2n) is 5.34. The van der Waals surface area contributed by atoms with Gasteiger partial charge >= 0.3 is 0 Å². The molecule has 7 heteroatoms. The minimum Gasteiger partial charge on any atom is -0.508 e. The van der Waals surface area contributed by atoms with Crippen LogP contribution in [-0.2, 0) is 15.9 Å². The zero-order valence-electron chi connectivity index (χ0n) is 12.1. The first kappa shape index (κ1) is 17.1. The van der Waals surface area contributed by atoms with Gasteiger partial charge in [0.2, 0.25) is 0 Å². The highest BCUT2D eigenvalue weighted by Crippen LogP contribution is 2.22. The molecule has 2 rings (SSSR count). The zero-order valence-corrected chi connectivity index (χ0v) is 12.1. The molecule has 0 spiro atoms. The topological polar surface area (TPSA) is 120 Å². The van der Waals surface area contributed by atoms with Crippen LogP contribution in [0.1, 0.15) is 12.0 Å². The van der Waals surface area contributed by atoms with E-state index < -0.39 is 37.3 Å². The summed E-state index contributed by atoms with van der Waals surface area (Å²) in [5, 5.41) is 47.3. The summed E-state index contributed by atoms with van der Waals surface area (Å²) in [7, 11) is 0. The van der Waals surface area contributed by atoms with E-state index in [1.165, 1.54) is 0 Å². The van der Waals surface area contributed by atoms with Crippen molar-refractivity contribution in [1.82, 2.24) is 0 Å². The molecule has 1 saturated heterocycles. The van der Waals surface area contributed by atoms with Crippen molar-refractivity contribution in [3.8, 4) is 5.75 Å². The molecule has 1 aliphatic heterocycles. The van der Waals surface area contributed by atoms with Crippen LogP contribution in [0.3, 0.4) is 0 Å². The van der Waals surface area contributed by atoms with Crippen LogP contribution in [0, 0.1) is 0 Å². The molecule has 1 heterocycles. The van der Waals surface area contributed by atoms with Crippen LogP contribution in [0.2, 0.25) is 0 Å². The van der Waals surface area contributed by atoms with Crippen molar-refractivity contribution in [3.05, 3.63) is 29.8 Å². The van der Waals surface area contributed by atoms with E-state index in [9.17, 15) is 20.4 Å². The number of rotatable bonds is 6. The second-order valence-corrected chi connectivity index (χ2v) is 5.34. The number of ether oxygens (including phenoxy) is 2. The lowest BCUT2D eigenvalue weighted by atomic mass is 9.99. The second kappa shape index (κ2) is 7.87. The third-order valence-corrected chi connectivity index (χ3v) is 3.68. The normalized spacial score (nSPS) is 32.1. The Balaban J connectivity index is 1.77. The molecule has 22 heavy (non-hydrogen) atoms. The van der Waals surface area contributed by atoms with Crippen molar-refractivity contribution >= 4 is 0 Å². The Morgan fingerprint density at radius 3 is 2.32 bits per heavy atom. The number of phenolic OH excluding ortho intramolecular Hbond substituents is 1. The number of hydrogen-bond donors (Lipinski definition) is 5. The van der Waals surface area contributed by atoms with Crippen molar-refractivity contribution in [3.63, 3.8) is 0 Å². The summed E-state index contributed by atoms with van der Waals surface area (Å²) in [6, 6.07) is 6.83. The van der Waals surface area contributed by atoms with Crippen LogP contribution < -0.4 is 0 Å². The summed E-state index contributed by atoms with van der Waals surface area (Å²) >= 11 is 0. The molecule has 1 aromatic rings. The maximum Gasteiger partial charge on any atom is 0.186 e. The van der Waals surface area contributed by atoms with Gasteiger partial charge in [-0.25, -0.2) is 0 Å². The van der Waals surface area contributed by atoms with E-state index in [1.54, 1.807) is 12.1 Å². The molecule has 5 unspecified atom stereocenters. The third-order valence-electron chi connectivity index (χ3n) is 3.68. The quantitative estimate of drug-likeness (QED) is 0.433. The predicted molar refractivity (Wildman–Crippen MR) is 76.1 cm³/mol. The highest BCUT2D eigenvalue weighted by Gasteiger charge is 2.43. The number of hydrogen-bond acceptors (Lipinski definition) is 7. The molecule has 7 nitrogen and oxygen atoms in total. The first-order valence-corrected chi connectivity index (χ1v) is 7.23. The van der Waals surface area contributed by atoms with Gasteiger partial charge in [0.1, 0.15) is 30.2 Å². The van der Waals surface area contributed by atoms with Crippen LogP contribution in [0.15, 0.2) is 24.3 Å². The van der Waals surface area contributed by atoms with Gasteiger partial charge in [0, 0.05) is 0 Å². The molecule has 0 radical (unpaired) electrons. The van der Waals surface area contributed by atoms with Gasteiger partial charge in [-0.3, -0.25) is 0 Å². The molecule has 1 aliphatic rings. The van der Waals surface area contributed by atoms with Gasteiger partial charge in [-0.1, -0.05) is 12.1 Å². The Hall–Kier alpha value is -1.22. The fourth-order valence-corrected chi connectivity index (χ4v) is 2.34. The number of aliphatic hydroxyl groups excluding tert-OH is 4. The Labute approximate surface area is 128 Å². The molecule has 0 aliphatic carbocycles. The Morgan fingerprint density at radius 2 is 1.68 bits per heavy atom. The van der Waals surface area contributed by atoms with Crippen LogP contribution >= 0.6 is 0 Å². The maximum atomic E-state index is 9.80. The van der Waals surface area contributed by atoms with E-state index in [0.717, 1.165) is 12.0 Å². The van der Waals surface area contributed by atoms with E-state index in [1.807, 2.05) is 12.1 Å². The lowest BCUT2D eigenvalue weighted by molar-refractivity contribution is -0.301. The average Bonchev–Trinajstić information content (AvgIpc) is 2.53. The lowest BCUT2D eigenvalue weighted by Crippen LogP contribution is -2.59. The summed E-state index contributed by atoms with van der Waals surface area (Å²) in [5.74, 6) is 0.210. The lowest BCUT2D eigenvalue weighted by Gasteiger charge is -2.39. The number of phenols is 1. The Kier molecular flexibility index (Phi) is 6.13. The van der Waals surface area contributed by atoms with E-state index in [-0.39, 0.29) is 12.4 Å². The molecule has 0 amide bonds. The minimum atomic E-state index is -1.42. The smallest absolute Gasteiger partial charge is 0.186 e. The summed E-state index contributed by atoms with van der Waals surface area (Å²) in [6.07, 6.45) is -4.84. The average molecular weight is 314 g/mol. The van der Waals surface area contributed by atoms with Gasteiger partial charge in [-0.15, -0.1) is 0 Å². The summed E-state index contributed by atoms with van der Waals surface area (Å²) in [4.78, 5) is 0. The molecular weight excluding hydrogens is 292 g/mol. The maximum absolute atomic E-state index is 9.80. The van der Waals surface area contributed by atoms with Gasteiger partial charge in [0.15, 0.2) is 6.29 Å².